The third-order valence-electron chi connectivity index (χ3n) is 4.64. The largest absolute Gasteiger partial charge is 0.394 e. The molecule has 2 N–H and O–H groups in total. The highest BCUT2D eigenvalue weighted by Gasteiger charge is 2.41. The lowest BCUT2D eigenvalue weighted by atomic mass is 9.65. The second kappa shape index (κ2) is 5.84. The van der Waals surface area contributed by atoms with E-state index in [1.807, 2.05) is 0 Å². The van der Waals surface area contributed by atoms with E-state index < -0.39 is 0 Å². The average molecular weight is 276 g/mol. The van der Waals surface area contributed by atoms with Crippen molar-refractivity contribution in [2.24, 2.45) is 0 Å². The molecular weight excluding hydrogens is 248 g/mol. The molecule has 1 aliphatic carbocycles. The van der Waals surface area contributed by atoms with Gasteiger partial charge in [-0.3, -0.25) is 0 Å². The van der Waals surface area contributed by atoms with Gasteiger partial charge in [0, 0.05) is 13.1 Å². The van der Waals surface area contributed by atoms with Crippen LogP contribution in [-0.2, 0) is 11.0 Å². The van der Waals surface area contributed by atoms with Crippen LogP contribution in [0.3, 0.4) is 0 Å². The van der Waals surface area contributed by atoms with Gasteiger partial charge in [0.25, 0.3) is 0 Å². The van der Waals surface area contributed by atoms with Gasteiger partial charge in [-0.05, 0) is 43.5 Å². The van der Waals surface area contributed by atoms with Crippen molar-refractivity contribution >= 4 is 0 Å². The lowest BCUT2D eigenvalue weighted by molar-refractivity contribution is 0.126. The van der Waals surface area contributed by atoms with E-state index in [1.165, 1.54) is 11.1 Å². The SMILES string of the molecule is CN(C)CCNC1(CO)CCC(C)(C)c2ccccc21. The molecule has 3 nitrogen and oxygen atoms in total. The second-order valence-corrected chi connectivity index (χ2v) is 6.90. The van der Waals surface area contributed by atoms with Crippen LogP contribution in [0.5, 0.6) is 0 Å². The van der Waals surface area contributed by atoms with Crippen molar-refractivity contribution in [2.45, 2.75) is 37.6 Å². The Morgan fingerprint density at radius 3 is 2.40 bits per heavy atom. The molecule has 1 unspecified atom stereocenters. The number of rotatable bonds is 5. The highest BCUT2D eigenvalue weighted by Crippen LogP contribution is 2.44. The van der Waals surface area contributed by atoms with Gasteiger partial charge in [-0.15, -0.1) is 0 Å². The fourth-order valence-corrected chi connectivity index (χ4v) is 3.21. The zero-order valence-corrected chi connectivity index (χ0v) is 13.2. The van der Waals surface area contributed by atoms with Gasteiger partial charge in [0.1, 0.15) is 0 Å². The van der Waals surface area contributed by atoms with Gasteiger partial charge < -0.3 is 15.3 Å². The summed E-state index contributed by atoms with van der Waals surface area (Å²) in [5, 5.41) is 13.7. The van der Waals surface area contributed by atoms with Gasteiger partial charge >= 0.3 is 0 Å². The number of hydrogen-bond donors (Lipinski definition) is 2. The number of aliphatic hydroxyl groups is 1. The third kappa shape index (κ3) is 2.90. The molecule has 0 radical (unpaired) electrons. The molecule has 0 saturated heterocycles. The molecule has 0 saturated carbocycles. The highest BCUT2D eigenvalue weighted by atomic mass is 16.3. The first-order valence-electron chi connectivity index (χ1n) is 7.52. The third-order valence-corrected chi connectivity index (χ3v) is 4.64. The smallest absolute Gasteiger partial charge is 0.0672 e. The van der Waals surface area contributed by atoms with Crippen LogP contribution >= 0.6 is 0 Å². The monoisotopic (exact) mass is 276 g/mol. The van der Waals surface area contributed by atoms with E-state index in [1.54, 1.807) is 0 Å². The lowest BCUT2D eigenvalue weighted by Gasteiger charge is -2.45. The molecule has 0 spiro atoms. The molecule has 0 bridgehead atoms. The van der Waals surface area contributed by atoms with Crippen LogP contribution in [0.1, 0.15) is 37.8 Å². The van der Waals surface area contributed by atoms with E-state index in [4.69, 9.17) is 0 Å². The Kier molecular flexibility index (Phi) is 4.52. The summed E-state index contributed by atoms with van der Waals surface area (Å²) < 4.78 is 0. The van der Waals surface area contributed by atoms with E-state index in [9.17, 15) is 5.11 Å². The number of nitrogens with one attached hydrogen (secondary N) is 1. The number of aliphatic hydroxyl groups excluding tert-OH is 1. The molecule has 20 heavy (non-hydrogen) atoms. The van der Waals surface area contributed by atoms with Crippen LogP contribution in [0.4, 0.5) is 0 Å². The van der Waals surface area contributed by atoms with E-state index >= 15 is 0 Å². The van der Waals surface area contributed by atoms with Crippen molar-refractivity contribution in [1.29, 1.82) is 0 Å². The molecule has 0 heterocycles. The van der Waals surface area contributed by atoms with Crippen LogP contribution < -0.4 is 5.32 Å². The number of hydrogen-bond acceptors (Lipinski definition) is 3. The van der Waals surface area contributed by atoms with Gasteiger partial charge in [0.2, 0.25) is 0 Å². The molecule has 0 fully saturated rings. The molecule has 0 aromatic heterocycles. The average Bonchev–Trinajstić information content (AvgIpc) is 2.42. The summed E-state index contributed by atoms with van der Waals surface area (Å²) in [6.07, 6.45) is 2.08. The van der Waals surface area contributed by atoms with Crippen molar-refractivity contribution in [3.63, 3.8) is 0 Å². The molecule has 0 aliphatic heterocycles. The molecular formula is C17H28N2O. The molecule has 1 atom stereocenters. The summed E-state index contributed by atoms with van der Waals surface area (Å²) in [6, 6.07) is 8.58. The first kappa shape index (κ1) is 15.5. The van der Waals surface area contributed by atoms with Gasteiger partial charge in [-0.1, -0.05) is 38.1 Å². The van der Waals surface area contributed by atoms with Gasteiger partial charge in [0.05, 0.1) is 12.1 Å². The minimum Gasteiger partial charge on any atom is -0.394 e. The molecule has 1 aliphatic rings. The standard InChI is InChI=1S/C17H28N2O/c1-16(2)9-10-17(13-20,18-11-12-19(3)4)15-8-6-5-7-14(15)16/h5-8,18,20H,9-13H2,1-4H3. The topological polar surface area (TPSA) is 35.5 Å². The number of likely N-dealkylation sites (N-methyl/N-ethyl adjacent to an activating group) is 1. The van der Waals surface area contributed by atoms with Crippen molar-refractivity contribution in [3.8, 4) is 0 Å². The molecule has 1 aromatic carbocycles. The normalized spacial score (nSPS) is 24.7. The van der Waals surface area contributed by atoms with Crippen LogP contribution in [-0.4, -0.2) is 43.8 Å². The van der Waals surface area contributed by atoms with Crippen LogP contribution in [0, 0.1) is 0 Å². The second-order valence-electron chi connectivity index (χ2n) is 6.90. The molecule has 112 valence electrons. The maximum atomic E-state index is 10.0. The summed E-state index contributed by atoms with van der Waals surface area (Å²) in [6.45, 7) is 6.63. The van der Waals surface area contributed by atoms with Crippen molar-refractivity contribution < 1.29 is 5.11 Å². The Morgan fingerprint density at radius 1 is 1.15 bits per heavy atom. The molecule has 2 rings (SSSR count). The summed E-state index contributed by atoms with van der Waals surface area (Å²) in [5.41, 5.74) is 2.57. The Hall–Kier alpha value is -0.900. The van der Waals surface area contributed by atoms with Crippen molar-refractivity contribution in [1.82, 2.24) is 10.2 Å². The quantitative estimate of drug-likeness (QED) is 0.864. The first-order valence-corrected chi connectivity index (χ1v) is 7.52. The summed E-state index contributed by atoms with van der Waals surface area (Å²) in [5.74, 6) is 0. The minimum atomic E-state index is -0.276. The Balaban J connectivity index is 2.30. The fraction of sp³-hybridized carbons (Fsp3) is 0.647. The van der Waals surface area contributed by atoms with E-state index in [0.717, 1.165) is 25.9 Å². The van der Waals surface area contributed by atoms with E-state index in [-0.39, 0.29) is 17.6 Å². The lowest BCUT2D eigenvalue weighted by Crippen LogP contribution is -2.52. The zero-order chi connectivity index (χ0) is 14.8. The van der Waals surface area contributed by atoms with Gasteiger partial charge in [0.15, 0.2) is 0 Å². The Labute approximate surface area is 123 Å². The maximum Gasteiger partial charge on any atom is 0.0672 e. The van der Waals surface area contributed by atoms with Crippen LogP contribution in [0.15, 0.2) is 24.3 Å². The zero-order valence-electron chi connectivity index (χ0n) is 13.2. The predicted molar refractivity (Wildman–Crippen MR) is 84.0 cm³/mol. The maximum absolute atomic E-state index is 10.0. The number of benzene rings is 1. The predicted octanol–water partition coefficient (Wildman–Crippen LogP) is 2.10. The number of fused-ring (bicyclic) bond motifs is 1. The van der Waals surface area contributed by atoms with E-state index in [2.05, 4.69) is 62.4 Å². The molecule has 1 aromatic rings. The van der Waals surface area contributed by atoms with E-state index in [0.29, 0.717) is 0 Å². The highest BCUT2D eigenvalue weighted by molar-refractivity contribution is 5.41. The van der Waals surface area contributed by atoms with Crippen molar-refractivity contribution in [3.05, 3.63) is 35.4 Å². The molecule has 3 heteroatoms. The fourth-order valence-electron chi connectivity index (χ4n) is 3.21. The van der Waals surface area contributed by atoms with Crippen LogP contribution in [0.25, 0.3) is 0 Å². The summed E-state index contributed by atoms with van der Waals surface area (Å²) in [7, 11) is 4.15. The Bertz CT molecular complexity index is 456. The number of nitrogens with zero attached hydrogens (tertiary/aromatic N) is 1. The summed E-state index contributed by atoms with van der Waals surface area (Å²) in [4.78, 5) is 2.16. The molecule has 0 amide bonds. The minimum absolute atomic E-state index is 0.160. The van der Waals surface area contributed by atoms with Crippen molar-refractivity contribution in [2.75, 3.05) is 33.8 Å². The van der Waals surface area contributed by atoms with Gasteiger partial charge in [-0.25, -0.2) is 0 Å². The summed E-state index contributed by atoms with van der Waals surface area (Å²) >= 11 is 0. The van der Waals surface area contributed by atoms with Gasteiger partial charge in [-0.2, -0.15) is 0 Å². The first-order chi connectivity index (χ1) is 9.41. The Morgan fingerprint density at radius 2 is 1.80 bits per heavy atom. The van der Waals surface area contributed by atoms with Crippen LogP contribution in [0.2, 0.25) is 0 Å².